The van der Waals surface area contributed by atoms with E-state index < -0.39 is 27.6 Å². The standard InChI is InChI=1S/C24H30ClN5O5S/c1-14(2)27-24-29-20-13-17(12-15(3)21(20)23(32)35-24)28-22(31)19(6-4-5-11-26)30-36(33,34)18-9-7-16(25)8-10-18/h7-10,12-14,19,30H,4-6,11,26H2,1-3H3,(H,27,29)(H,28,31). The van der Waals surface area contributed by atoms with Gasteiger partial charge in [0.1, 0.15) is 6.04 Å². The lowest BCUT2D eigenvalue weighted by atomic mass is 10.1. The van der Waals surface area contributed by atoms with Crippen LogP contribution >= 0.6 is 11.6 Å². The van der Waals surface area contributed by atoms with Gasteiger partial charge in [0.2, 0.25) is 15.9 Å². The second-order valence-electron chi connectivity index (χ2n) is 8.69. The number of carbonyl (C=O) groups excluding carboxylic acids is 1. The highest BCUT2D eigenvalue weighted by atomic mass is 35.5. The van der Waals surface area contributed by atoms with Crippen molar-refractivity contribution >= 4 is 50.1 Å². The number of hydrogen-bond donors (Lipinski definition) is 4. The molecule has 12 heteroatoms. The first-order valence-corrected chi connectivity index (χ1v) is 13.4. The number of anilines is 2. The molecule has 1 aromatic heterocycles. The Morgan fingerprint density at radius 3 is 2.50 bits per heavy atom. The van der Waals surface area contributed by atoms with Gasteiger partial charge in [-0.3, -0.25) is 4.79 Å². The number of nitrogens with one attached hydrogen (secondary N) is 3. The summed E-state index contributed by atoms with van der Waals surface area (Å²) in [6.07, 6.45) is 1.42. The molecule has 194 valence electrons. The molecule has 0 bridgehead atoms. The molecule has 0 saturated heterocycles. The zero-order valence-corrected chi connectivity index (χ0v) is 21.9. The molecule has 1 atom stereocenters. The maximum absolute atomic E-state index is 13.2. The fourth-order valence-corrected chi connectivity index (χ4v) is 4.96. The summed E-state index contributed by atoms with van der Waals surface area (Å²) < 4.78 is 33.6. The van der Waals surface area contributed by atoms with Crippen molar-refractivity contribution in [3.05, 3.63) is 57.4 Å². The Morgan fingerprint density at radius 1 is 1.17 bits per heavy atom. The van der Waals surface area contributed by atoms with Gasteiger partial charge in [-0.15, -0.1) is 0 Å². The van der Waals surface area contributed by atoms with E-state index >= 15 is 0 Å². The molecule has 0 aliphatic carbocycles. The van der Waals surface area contributed by atoms with Gasteiger partial charge in [-0.05, 0) is 82.1 Å². The average Bonchev–Trinajstić information content (AvgIpc) is 2.77. The van der Waals surface area contributed by atoms with E-state index in [-0.39, 0.29) is 23.4 Å². The molecule has 10 nitrogen and oxygen atoms in total. The number of fused-ring (bicyclic) bond motifs is 1. The molecule has 1 amide bonds. The van der Waals surface area contributed by atoms with Crippen LogP contribution in [0.3, 0.4) is 0 Å². The number of aromatic nitrogens is 1. The number of amides is 1. The van der Waals surface area contributed by atoms with E-state index in [0.717, 1.165) is 0 Å². The lowest BCUT2D eigenvalue weighted by molar-refractivity contribution is -0.117. The number of halogens is 1. The highest BCUT2D eigenvalue weighted by Gasteiger charge is 2.26. The van der Waals surface area contributed by atoms with E-state index in [1.54, 1.807) is 19.1 Å². The fraction of sp³-hybridized carbons (Fsp3) is 0.375. The molecule has 1 heterocycles. The van der Waals surface area contributed by atoms with E-state index in [1.807, 2.05) is 13.8 Å². The van der Waals surface area contributed by atoms with Crippen molar-refractivity contribution < 1.29 is 17.6 Å². The molecule has 0 saturated carbocycles. The van der Waals surface area contributed by atoms with Crippen molar-refractivity contribution in [2.75, 3.05) is 17.2 Å². The molecule has 1 unspecified atom stereocenters. The van der Waals surface area contributed by atoms with Crippen LogP contribution in [-0.2, 0) is 14.8 Å². The summed E-state index contributed by atoms with van der Waals surface area (Å²) in [5.41, 5.74) is 6.29. The number of rotatable bonds is 11. The van der Waals surface area contributed by atoms with E-state index in [2.05, 4.69) is 20.3 Å². The Bertz CT molecular complexity index is 1390. The minimum absolute atomic E-state index is 0.00817. The van der Waals surface area contributed by atoms with Gasteiger partial charge in [-0.1, -0.05) is 18.0 Å². The van der Waals surface area contributed by atoms with Crippen LogP contribution in [0.1, 0.15) is 38.7 Å². The van der Waals surface area contributed by atoms with E-state index in [4.69, 9.17) is 21.8 Å². The van der Waals surface area contributed by atoms with Crippen LogP contribution in [0.25, 0.3) is 10.9 Å². The third-order valence-corrected chi connectivity index (χ3v) is 7.03. The Balaban J connectivity index is 1.89. The molecular weight excluding hydrogens is 506 g/mol. The highest BCUT2D eigenvalue weighted by molar-refractivity contribution is 7.89. The fourth-order valence-electron chi connectivity index (χ4n) is 3.61. The lowest BCUT2D eigenvalue weighted by Gasteiger charge is -2.19. The Morgan fingerprint density at radius 2 is 1.86 bits per heavy atom. The third kappa shape index (κ3) is 7.03. The number of hydrogen-bond acceptors (Lipinski definition) is 8. The van der Waals surface area contributed by atoms with Crippen LogP contribution in [0.4, 0.5) is 11.7 Å². The third-order valence-electron chi connectivity index (χ3n) is 5.29. The van der Waals surface area contributed by atoms with Crippen LogP contribution in [-0.4, -0.2) is 37.9 Å². The van der Waals surface area contributed by atoms with E-state index in [1.165, 1.54) is 24.3 Å². The van der Waals surface area contributed by atoms with Gasteiger partial charge in [0.05, 0.1) is 15.8 Å². The second-order valence-corrected chi connectivity index (χ2v) is 10.8. The molecule has 36 heavy (non-hydrogen) atoms. The smallest absolute Gasteiger partial charge is 0.348 e. The minimum atomic E-state index is -3.99. The van der Waals surface area contributed by atoms with Crippen LogP contribution < -0.4 is 26.7 Å². The van der Waals surface area contributed by atoms with Gasteiger partial charge >= 0.3 is 5.63 Å². The minimum Gasteiger partial charge on any atom is -0.389 e. The zero-order valence-electron chi connectivity index (χ0n) is 20.3. The van der Waals surface area contributed by atoms with Crippen molar-refractivity contribution in [2.24, 2.45) is 5.73 Å². The first-order chi connectivity index (χ1) is 17.0. The van der Waals surface area contributed by atoms with Crippen molar-refractivity contribution in [1.29, 1.82) is 0 Å². The molecule has 0 radical (unpaired) electrons. The topological polar surface area (TPSA) is 156 Å². The predicted octanol–water partition coefficient (Wildman–Crippen LogP) is 3.38. The van der Waals surface area contributed by atoms with Gasteiger partial charge in [0.15, 0.2) is 0 Å². The van der Waals surface area contributed by atoms with Gasteiger partial charge in [-0.25, -0.2) is 13.2 Å². The summed E-state index contributed by atoms with van der Waals surface area (Å²) in [7, 11) is -3.99. The van der Waals surface area contributed by atoms with Crippen LogP contribution in [0.15, 0.2) is 50.5 Å². The first-order valence-electron chi connectivity index (χ1n) is 11.5. The highest BCUT2D eigenvalue weighted by Crippen LogP contribution is 2.22. The maximum Gasteiger partial charge on any atom is 0.348 e. The number of nitrogens with two attached hydrogens (primary N) is 1. The van der Waals surface area contributed by atoms with Gasteiger partial charge in [0.25, 0.3) is 6.01 Å². The van der Waals surface area contributed by atoms with Crippen molar-refractivity contribution in [3.8, 4) is 0 Å². The zero-order chi connectivity index (χ0) is 26.5. The van der Waals surface area contributed by atoms with Crippen LogP contribution in [0.5, 0.6) is 0 Å². The Hall–Kier alpha value is -2.99. The van der Waals surface area contributed by atoms with Crippen molar-refractivity contribution in [3.63, 3.8) is 0 Å². The summed E-state index contributed by atoms with van der Waals surface area (Å²) in [6.45, 7) is 5.88. The molecule has 5 N–H and O–H groups in total. The van der Waals surface area contributed by atoms with E-state index in [9.17, 15) is 18.0 Å². The SMILES string of the molecule is Cc1cc(NC(=O)C(CCCCN)NS(=O)(=O)c2ccc(Cl)cc2)cc2nc(NC(C)C)oc(=O)c12. The molecule has 0 fully saturated rings. The van der Waals surface area contributed by atoms with Crippen molar-refractivity contribution in [2.45, 2.75) is 57.0 Å². The molecule has 0 spiro atoms. The Kier molecular flexibility index (Phi) is 9.07. The summed E-state index contributed by atoms with van der Waals surface area (Å²) in [5, 5.41) is 6.39. The Labute approximate surface area is 214 Å². The van der Waals surface area contributed by atoms with Gasteiger partial charge < -0.3 is 20.8 Å². The van der Waals surface area contributed by atoms with Crippen LogP contribution in [0.2, 0.25) is 5.02 Å². The van der Waals surface area contributed by atoms with Crippen LogP contribution in [0, 0.1) is 6.92 Å². The average molecular weight is 536 g/mol. The molecule has 0 aliphatic heterocycles. The maximum atomic E-state index is 13.2. The van der Waals surface area contributed by atoms with Gasteiger partial charge in [-0.2, -0.15) is 9.71 Å². The summed E-state index contributed by atoms with van der Waals surface area (Å²) >= 11 is 5.87. The predicted molar refractivity (Wildman–Crippen MR) is 141 cm³/mol. The van der Waals surface area contributed by atoms with Gasteiger partial charge in [0, 0.05) is 16.8 Å². The van der Waals surface area contributed by atoms with E-state index in [0.29, 0.717) is 46.6 Å². The molecule has 2 aromatic carbocycles. The number of sulfonamides is 1. The molecule has 3 rings (SSSR count). The number of carbonyl (C=O) groups is 1. The monoisotopic (exact) mass is 535 g/mol. The largest absolute Gasteiger partial charge is 0.389 e. The number of unbranched alkanes of at least 4 members (excludes halogenated alkanes) is 1. The number of benzene rings is 2. The quantitative estimate of drug-likeness (QED) is 0.272. The summed E-state index contributed by atoms with van der Waals surface area (Å²) in [6, 6.07) is 7.82. The summed E-state index contributed by atoms with van der Waals surface area (Å²) in [5.74, 6) is -0.549. The normalized spacial score (nSPS) is 12.6. The summed E-state index contributed by atoms with van der Waals surface area (Å²) in [4.78, 5) is 30.0. The first kappa shape index (κ1) is 27.6. The lowest BCUT2D eigenvalue weighted by Crippen LogP contribution is -2.43. The number of aryl methyl sites for hydroxylation is 1. The molecule has 3 aromatic rings. The second kappa shape index (κ2) is 11.8. The molecular formula is C24H30ClN5O5S. The number of nitrogens with zero attached hydrogens (tertiary/aromatic N) is 1. The van der Waals surface area contributed by atoms with Crippen molar-refractivity contribution in [1.82, 2.24) is 9.71 Å². The molecule has 0 aliphatic rings.